The molecule has 1 N–H and O–H groups in total. The number of carbonyl (C=O) groups excluding carboxylic acids is 2. The highest BCUT2D eigenvalue weighted by molar-refractivity contribution is 7.88. The standard InChI is InChI=1S/C15H18ClN3O5S/c1-15(13(20)17-11-9-10(16)3-4-12(11)24-15)14(21)18-5-7-19(8-6-18)25(2,22)23/h3-4,9H,5-8H2,1-2H3,(H,17,20). The molecule has 1 atom stereocenters. The van der Waals surface area contributed by atoms with Crippen LogP contribution in [0.15, 0.2) is 18.2 Å². The van der Waals surface area contributed by atoms with Crippen LogP contribution in [0, 0.1) is 0 Å². The SMILES string of the molecule is CC1(C(=O)N2CCN(S(C)(=O)=O)CC2)Oc2ccc(Cl)cc2NC1=O. The number of benzene rings is 1. The summed E-state index contributed by atoms with van der Waals surface area (Å²) in [4.78, 5) is 26.8. The van der Waals surface area contributed by atoms with Crippen LogP contribution in [0.2, 0.25) is 5.02 Å². The zero-order chi connectivity index (χ0) is 18.4. The summed E-state index contributed by atoms with van der Waals surface area (Å²) in [5.41, 5.74) is -1.31. The van der Waals surface area contributed by atoms with Gasteiger partial charge in [-0.2, -0.15) is 4.31 Å². The number of nitrogens with zero attached hydrogens (tertiary/aromatic N) is 2. The predicted octanol–water partition coefficient (Wildman–Crippen LogP) is 0.533. The summed E-state index contributed by atoms with van der Waals surface area (Å²) in [7, 11) is -3.30. The fourth-order valence-electron chi connectivity index (χ4n) is 2.86. The highest BCUT2D eigenvalue weighted by atomic mass is 35.5. The number of sulfonamides is 1. The van der Waals surface area contributed by atoms with Gasteiger partial charge in [-0.1, -0.05) is 11.6 Å². The number of ether oxygens (including phenoxy) is 1. The topological polar surface area (TPSA) is 96.0 Å². The van der Waals surface area contributed by atoms with Gasteiger partial charge in [0.25, 0.3) is 17.4 Å². The quantitative estimate of drug-likeness (QED) is 0.747. The van der Waals surface area contributed by atoms with E-state index < -0.39 is 27.4 Å². The van der Waals surface area contributed by atoms with E-state index in [4.69, 9.17) is 16.3 Å². The molecule has 1 saturated heterocycles. The number of anilines is 1. The van der Waals surface area contributed by atoms with Gasteiger partial charge in [-0.15, -0.1) is 0 Å². The molecule has 8 nitrogen and oxygen atoms in total. The first-order valence-corrected chi connectivity index (χ1v) is 9.88. The van der Waals surface area contributed by atoms with Crippen molar-refractivity contribution in [2.45, 2.75) is 12.5 Å². The van der Waals surface area contributed by atoms with Gasteiger partial charge in [-0.05, 0) is 25.1 Å². The maximum atomic E-state index is 12.9. The summed E-state index contributed by atoms with van der Waals surface area (Å²) in [6.45, 7) is 2.19. The number of piperazine rings is 1. The van der Waals surface area contributed by atoms with Crippen molar-refractivity contribution in [1.82, 2.24) is 9.21 Å². The Labute approximate surface area is 150 Å². The van der Waals surface area contributed by atoms with Crippen molar-refractivity contribution in [3.63, 3.8) is 0 Å². The van der Waals surface area contributed by atoms with Crippen LogP contribution in [0.5, 0.6) is 5.75 Å². The molecule has 1 fully saturated rings. The fraction of sp³-hybridized carbons (Fsp3) is 0.467. The molecule has 1 aromatic rings. The number of rotatable bonds is 2. The van der Waals surface area contributed by atoms with Crippen LogP contribution in [0.4, 0.5) is 5.69 Å². The highest BCUT2D eigenvalue weighted by Gasteiger charge is 2.49. The molecule has 0 aromatic heterocycles. The zero-order valence-electron chi connectivity index (χ0n) is 13.8. The summed E-state index contributed by atoms with van der Waals surface area (Å²) >= 11 is 5.89. The summed E-state index contributed by atoms with van der Waals surface area (Å²) in [6, 6.07) is 4.74. The molecule has 1 aromatic carbocycles. The highest BCUT2D eigenvalue weighted by Crippen LogP contribution is 2.36. The molecule has 0 saturated carbocycles. The summed E-state index contributed by atoms with van der Waals surface area (Å²) in [5, 5.41) is 3.08. The van der Waals surface area contributed by atoms with E-state index in [1.54, 1.807) is 18.2 Å². The van der Waals surface area contributed by atoms with Crippen LogP contribution in [0.25, 0.3) is 0 Å². The Bertz CT molecular complexity index is 836. The molecular formula is C15H18ClN3O5S. The van der Waals surface area contributed by atoms with Crippen LogP contribution in [0.3, 0.4) is 0 Å². The Morgan fingerprint density at radius 2 is 1.92 bits per heavy atom. The first kappa shape index (κ1) is 18.0. The molecule has 3 rings (SSSR count). The second kappa shape index (κ2) is 6.15. The van der Waals surface area contributed by atoms with Crippen molar-refractivity contribution in [3.05, 3.63) is 23.2 Å². The van der Waals surface area contributed by atoms with E-state index in [1.807, 2.05) is 0 Å². The van der Waals surface area contributed by atoms with Crippen LogP contribution >= 0.6 is 11.6 Å². The molecule has 10 heteroatoms. The van der Waals surface area contributed by atoms with Gasteiger partial charge >= 0.3 is 0 Å². The molecule has 1 unspecified atom stereocenters. The van der Waals surface area contributed by atoms with E-state index in [-0.39, 0.29) is 26.2 Å². The second-order valence-corrected chi connectivity index (χ2v) is 8.60. The van der Waals surface area contributed by atoms with Gasteiger partial charge in [-0.25, -0.2) is 8.42 Å². The number of halogens is 1. The number of fused-ring (bicyclic) bond motifs is 1. The number of hydrogen-bond donors (Lipinski definition) is 1. The molecule has 0 radical (unpaired) electrons. The number of amides is 2. The van der Waals surface area contributed by atoms with Gasteiger partial charge in [0.2, 0.25) is 10.0 Å². The van der Waals surface area contributed by atoms with Crippen LogP contribution in [0.1, 0.15) is 6.92 Å². The summed E-state index contributed by atoms with van der Waals surface area (Å²) in [6.07, 6.45) is 1.13. The lowest BCUT2D eigenvalue weighted by molar-refractivity contribution is -0.155. The van der Waals surface area contributed by atoms with Gasteiger partial charge in [0, 0.05) is 31.2 Å². The van der Waals surface area contributed by atoms with Gasteiger partial charge in [0.1, 0.15) is 5.75 Å². The smallest absolute Gasteiger partial charge is 0.278 e. The third-order valence-electron chi connectivity index (χ3n) is 4.34. The van der Waals surface area contributed by atoms with Crippen LogP contribution in [-0.4, -0.2) is 67.5 Å². The van der Waals surface area contributed by atoms with E-state index in [1.165, 1.54) is 16.1 Å². The van der Waals surface area contributed by atoms with Crippen molar-refractivity contribution in [2.24, 2.45) is 0 Å². The minimum atomic E-state index is -3.30. The molecule has 136 valence electrons. The molecule has 0 bridgehead atoms. The van der Waals surface area contributed by atoms with Crippen LogP contribution in [-0.2, 0) is 19.6 Å². The Hall–Kier alpha value is -1.84. The van der Waals surface area contributed by atoms with Crippen molar-refractivity contribution in [3.8, 4) is 5.75 Å². The number of nitrogens with one attached hydrogen (secondary N) is 1. The lowest BCUT2D eigenvalue weighted by atomic mass is 10.0. The summed E-state index contributed by atoms with van der Waals surface area (Å²) in [5.74, 6) is -0.730. The first-order valence-electron chi connectivity index (χ1n) is 7.66. The monoisotopic (exact) mass is 387 g/mol. The maximum Gasteiger partial charge on any atom is 0.278 e. The normalized spacial score (nSPS) is 24.3. The number of carbonyl (C=O) groups is 2. The van der Waals surface area contributed by atoms with Gasteiger partial charge in [-0.3, -0.25) is 9.59 Å². The average Bonchev–Trinajstić information content (AvgIpc) is 2.55. The molecule has 2 aliphatic heterocycles. The first-order chi connectivity index (χ1) is 11.6. The molecule has 25 heavy (non-hydrogen) atoms. The van der Waals surface area contributed by atoms with E-state index in [0.717, 1.165) is 6.26 Å². The lowest BCUT2D eigenvalue weighted by Crippen LogP contribution is -2.62. The third-order valence-corrected chi connectivity index (χ3v) is 5.88. The van der Waals surface area contributed by atoms with E-state index in [0.29, 0.717) is 16.5 Å². The minimum Gasteiger partial charge on any atom is -0.466 e. The third kappa shape index (κ3) is 3.31. The largest absolute Gasteiger partial charge is 0.466 e. The zero-order valence-corrected chi connectivity index (χ0v) is 15.4. The van der Waals surface area contributed by atoms with E-state index >= 15 is 0 Å². The van der Waals surface area contributed by atoms with Crippen molar-refractivity contribution in [1.29, 1.82) is 0 Å². The molecule has 2 amide bonds. The fourth-order valence-corrected chi connectivity index (χ4v) is 3.86. The molecule has 0 spiro atoms. The molecular weight excluding hydrogens is 370 g/mol. The van der Waals surface area contributed by atoms with E-state index in [2.05, 4.69) is 5.32 Å². The van der Waals surface area contributed by atoms with Crippen molar-refractivity contribution >= 4 is 39.1 Å². The Balaban J connectivity index is 1.78. The van der Waals surface area contributed by atoms with E-state index in [9.17, 15) is 18.0 Å². The van der Waals surface area contributed by atoms with Gasteiger partial charge < -0.3 is 15.0 Å². The van der Waals surface area contributed by atoms with Crippen LogP contribution < -0.4 is 10.1 Å². The Morgan fingerprint density at radius 3 is 2.52 bits per heavy atom. The minimum absolute atomic E-state index is 0.189. The second-order valence-electron chi connectivity index (χ2n) is 6.18. The molecule has 2 heterocycles. The Kier molecular flexibility index (Phi) is 4.42. The number of hydrogen-bond acceptors (Lipinski definition) is 5. The lowest BCUT2D eigenvalue weighted by Gasteiger charge is -2.40. The maximum absolute atomic E-state index is 12.9. The Morgan fingerprint density at radius 1 is 1.28 bits per heavy atom. The molecule has 0 aliphatic carbocycles. The molecule has 2 aliphatic rings. The average molecular weight is 388 g/mol. The summed E-state index contributed by atoms with van der Waals surface area (Å²) < 4.78 is 30.1. The van der Waals surface area contributed by atoms with Crippen molar-refractivity contribution < 1.29 is 22.7 Å². The van der Waals surface area contributed by atoms with Gasteiger partial charge in [0.15, 0.2) is 0 Å². The predicted molar refractivity (Wildman–Crippen MR) is 92.1 cm³/mol. The van der Waals surface area contributed by atoms with Gasteiger partial charge in [0.05, 0.1) is 11.9 Å². The van der Waals surface area contributed by atoms with Crippen molar-refractivity contribution in [2.75, 3.05) is 37.8 Å².